The van der Waals surface area contributed by atoms with Crippen LogP contribution in [0.5, 0.6) is 0 Å². The lowest BCUT2D eigenvalue weighted by molar-refractivity contribution is 0.0745. The van der Waals surface area contributed by atoms with E-state index >= 15 is 0 Å². The van der Waals surface area contributed by atoms with E-state index in [-0.39, 0.29) is 5.91 Å². The molecule has 1 aliphatic rings. The van der Waals surface area contributed by atoms with Gasteiger partial charge >= 0.3 is 0 Å². The Labute approximate surface area is 157 Å². The van der Waals surface area contributed by atoms with Crippen LogP contribution >= 0.6 is 0 Å². The lowest BCUT2D eigenvalue weighted by Gasteiger charge is -2.35. The number of hydrogen-bond donors (Lipinski definition) is 0. The maximum Gasteiger partial charge on any atom is 0.257 e. The molecule has 1 saturated heterocycles. The maximum atomic E-state index is 12.9. The normalized spacial score (nSPS) is 14.6. The Hall–Kier alpha value is -3.23. The van der Waals surface area contributed by atoms with Crippen LogP contribution < -0.4 is 4.90 Å². The summed E-state index contributed by atoms with van der Waals surface area (Å²) in [5.74, 6) is 1.62. The summed E-state index contributed by atoms with van der Waals surface area (Å²) < 4.78 is 3.47. The van der Waals surface area contributed by atoms with Gasteiger partial charge in [0, 0.05) is 57.4 Å². The summed E-state index contributed by atoms with van der Waals surface area (Å²) in [5.41, 5.74) is 2.40. The average molecular weight is 366 g/mol. The standard InChI is InChI=1S/C18H22N8O/c1-13-17(14(2)23(3)22-13)18(27)25-9-7-24(8-10-25)15-11-16(20-12-19-15)26-6-4-5-21-26/h4-6,11-12H,7-10H2,1-3H3. The van der Waals surface area contributed by atoms with E-state index in [1.165, 1.54) is 0 Å². The second kappa shape index (κ2) is 6.82. The highest BCUT2D eigenvalue weighted by Gasteiger charge is 2.27. The molecule has 0 saturated carbocycles. The van der Waals surface area contributed by atoms with E-state index in [0.717, 1.165) is 36.1 Å². The molecule has 3 aromatic heterocycles. The van der Waals surface area contributed by atoms with E-state index in [1.54, 1.807) is 21.9 Å². The van der Waals surface area contributed by atoms with Crippen molar-refractivity contribution in [2.45, 2.75) is 13.8 Å². The number of rotatable bonds is 3. The molecule has 1 aliphatic heterocycles. The van der Waals surface area contributed by atoms with E-state index < -0.39 is 0 Å². The summed E-state index contributed by atoms with van der Waals surface area (Å²) in [4.78, 5) is 25.6. The van der Waals surface area contributed by atoms with E-state index in [2.05, 4.69) is 25.1 Å². The molecule has 0 spiro atoms. The van der Waals surface area contributed by atoms with Crippen LogP contribution in [0.3, 0.4) is 0 Å². The molecule has 0 aromatic carbocycles. The summed E-state index contributed by atoms with van der Waals surface area (Å²) in [6.07, 6.45) is 5.11. The molecule has 0 unspecified atom stereocenters. The van der Waals surface area contributed by atoms with Crippen molar-refractivity contribution in [2.24, 2.45) is 7.05 Å². The highest BCUT2D eigenvalue weighted by atomic mass is 16.2. The van der Waals surface area contributed by atoms with Crippen molar-refractivity contribution in [3.63, 3.8) is 0 Å². The van der Waals surface area contributed by atoms with Gasteiger partial charge in [-0.25, -0.2) is 14.6 Å². The van der Waals surface area contributed by atoms with Gasteiger partial charge in [-0.05, 0) is 19.9 Å². The van der Waals surface area contributed by atoms with Gasteiger partial charge in [0.1, 0.15) is 12.1 Å². The Morgan fingerprint density at radius 2 is 1.81 bits per heavy atom. The highest BCUT2D eigenvalue weighted by molar-refractivity contribution is 5.96. The van der Waals surface area contributed by atoms with Crippen LogP contribution in [0.2, 0.25) is 0 Å². The van der Waals surface area contributed by atoms with Crippen molar-refractivity contribution < 1.29 is 4.79 Å². The van der Waals surface area contributed by atoms with Crippen LogP contribution in [0.15, 0.2) is 30.9 Å². The smallest absolute Gasteiger partial charge is 0.257 e. The van der Waals surface area contributed by atoms with Gasteiger partial charge in [0.25, 0.3) is 5.91 Å². The largest absolute Gasteiger partial charge is 0.353 e. The van der Waals surface area contributed by atoms with Gasteiger partial charge in [0.2, 0.25) is 0 Å². The first kappa shape index (κ1) is 17.2. The number of piperazine rings is 1. The Kier molecular flexibility index (Phi) is 4.35. The van der Waals surface area contributed by atoms with Gasteiger partial charge in [-0.15, -0.1) is 0 Å². The SMILES string of the molecule is Cc1nn(C)c(C)c1C(=O)N1CCN(c2cc(-n3cccn3)ncn2)CC1. The average Bonchev–Trinajstić information content (AvgIpc) is 3.30. The maximum absolute atomic E-state index is 12.9. The molecule has 4 rings (SSSR count). The zero-order chi connectivity index (χ0) is 19.0. The zero-order valence-electron chi connectivity index (χ0n) is 15.7. The summed E-state index contributed by atoms with van der Waals surface area (Å²) >= 11 is 0. The van der Waals surface area contributed by atoms with Gasteiger partial charge in [-0.3, -0.25) is 9.48 Å². The molecule has 0 radical (unpaired) electrons. The molecule has 0 atom stereocenters. The number of carbonyl (C=O) groups excluding carboxylic acids is 1. The van der Waals surface area contributed by atoms with E-state index in [0.29, 0.717) is 18.7 Å². The summed E-state index contributed by atoms with van der Waals surface area (Å²) in [7, 11) is 1.86. The van der Waals surface area contributed by atoms with Gasteiger partial charge in [0.15, 0.2) is 5.82 Å². The third-order valence-electron chi connectivity index (χ3n) is 4.99. The highest BCUT2D eigenvalue weighted by Crippen LogP contribution is 2.19. The number of hydrogen-bond acceptors (Lipinski definition) is 6. The van der Waals surface area contributed by atoms with Crippen molar-refractivity contribution >= 4 is 11.7 Å². The molecule has 1 amide bonds. The first-order valence-electron chi connectivity index (χ1n) is 8.91. The number of aryl methyl sites for hydroxylation is 2. The van der Waals surface area contributed by atoms with Crippen LogP contribution in [0.4, 0.5) is 5.82 Å². The molecule has 9 nitrogen and oxygen atoms in total. The number of carbonyl (C=O) groups is 1. The van der Waals surface area contributed by atoms with Crippen LogP contribution in [0, 0.1) is 13.8 Å². The first-order valence-corrected chi connectivity index (χ1v) is 8.91. The lowest BCUT2D eigenvalue weighted by atomic mass is 10.1. The minimum Gasteiger partial charge on any atom is -0.353 e. The molecule has 3 aromatic rings. The van der Waals surface area contributed by atoms with Crippen LogP contribution in [0.1, 0.15) is 21.7 Å². The molecular formula is C18H22N8O. The number of amides is 1. The predicted molar refractivity (Wildman–Crippen MR) is 100.0 cm³/mol. The number of aromatic nitrogens is 6. The monoisotopic (exact) mass is 366 g/mol. The van der Waals surface area contributed by atoms with Crippen molar-refractivity contribution in [3.05, 3.63) is 47.8 Å². The Bertz CT molecular complexity index is 954. The van der Waals surface area contributed by atoms with E-state index in [9.17, 15) is 4.79 Å². The van der Waals surface area contributed by atoms with Crippen LogP contribution in [0.25, 0.3) is 5.82 Å². The Morgan fingerprint density at radius 1 is 1.07 bits per heavy atom. The molecule has 0 N–H and O–H groups in total. The number of anilines is 1. The van der Waals surface area contributed by atoms with Gasteiger partial charge in [0.05, 0.1) is 11.3 Å². The second-order valence-corrected chi connectivity index (χ2v) is 6.63. The molecule has 9 heteroatoms. The van der Waals surface area contributed by atoms with Crippen LogP contribution in [-0.2, 0) is 7.05 Å². The number of nitrogens with zero attached hydrogens (tertiary/aromatic N) is 8. The van der Waals surface area contributed by atoms with E-state index in [4.69, 9.17) is 0 Å². The molecule has 27 heavy (non-hydrogen) atoms. The van der Waals surface area contributed by atoms with E-state index in [1.807, 2.05) is 44.1 Å². The van der Waals surface area contributed by atoms with Crippen molar-refractivity contribution in [2.75, 3.05) is 31.1 Å². The molecule has 4 heterocycles. The zero-order valence-corrected chi connectivity index (χ0v) is 15.7. The lowest BCUT2D eigenvalue weighted by Crippen LogP contribution is -2.49. The van der Waals surface area contributed by atoms with Gasteiger partial charge in [-0.1, -0.05) is 0 Å². The quantitative estimate of drug-likeness (QED) is 0.687. The second-order valence-electron chi connectivity index (χ2n) is 6.63. The molecular weight excluding hydrogens is 344 g/mol. The summed E-state index contributed by atoms with van der Waals surface area (Å²) in [6.45, 7) is 6.55. The molecule has 0 aliphatic carbocycles. The fourth-order valence-electron chi connectivity index (χ4n) is 3.42. The Morgan fingerprint density at radius 3 is 2.44 bits per heavy atom. The fraction of sp³-hybridized carbons (Fsp3) is 0.389. The van der Waals surface area contributed by atoms with Crippen molar-refractivity contribution in [1.82, 2.24) is 34.4 Å². The summed E-state index contributed by atoms with van der Waals surface area (Å²) in [5, 5.41) is 8.56. The van der Waals surface area contributed by atoms with Gasteiger partial charge in [-0.2, -0.15) is 10.2 Å². The van der Waals surface area contributed by atoms with Gasteiger partial charge < -0.3 is 9.80 Å². The molecule has 0 bridgehead atoms. The third kappa shape index (κ3) is 3.16. The minimum atomic E-state index is 0.0534. The fourth-order valence-corrected chi connectivity index (χ4v) is 3.42. The topological polar surface area (TPSA) is 85.0 Å². The molecule has 140 valence electrons. The van der Waals surface area contributed by atoms with Crippen LogP contribution in [-0.4, -0.2) is 66.5 Å². The predicted octanol–water partition coefficient (Wildman–Crippen LogP) is 0.975. The minimum absolute atomic E-state index is 0.0534. The molecule has 1 fully saturated rings. The van der Waals surface area contributed by atoms with Crippen molar-refractivity contribution in [1.29, 1.82) is 0 Å². The summed E-state index contributed by atoms with van der Waals surface area (Å²) in [6, 6.07) is 3.77. The Balaban J connectivity index is 1.46. The third-order valence-corrected chi connectivity index (χ3v) is 4.99. The van der Waals surface area contributed by atoms with Crippen molar-refractivity contribution in [3.8, 4) is 5.82 Å². The first-order chi connectivity index (χ1) is 13.0.